The number of nitrogens with one attached hydrogen (secondary N) is 1. The van der Waals surface area contributed by atoms with Crippen LogP contribution in [-0.4, -0.2) is 12.2 Å². The maximum absolute atomic E-state index is 13.2. The predicted octanol–water partition coefficient (Wildman–Crippen LogP) is 4.75. The second-order valence-electron chi connectivity index (χ2n) is 6.33. The Hall–Kier alpha value is -2.15. The van der Waals surface area contributed by atoms with Crippen molar-refractivity contribution in [1.29, 1.82) is 0 Å². The molecule has 1 N–H and O–H groups in total. The Morgan fingerprint density at radius 1 is 1.12 bits per heavy atom. The molecule has 130 valence electrons. The first kappa shape index (κ1) is 16.3. The van der Waals surface area contributed by atoms with Crippen molar-refractivity contribution in [2.75, 3.05) is 5.32 Å². The highest BCUT2D eigenvalue weighted by atomic mass is 79.9. The molecule has 4 nitrogen and oxygen atoms in total. The van der Waals surface area contributed by atoms with E-state index in [0.717, 1.165) is 10.0 Å². The summed E-state index contributed by atoms with van der Waals surface area (Å²) in [4.78, 5) is 12.8. The molecular weight excluding hydrogens is 396 g/mol. The maximum atomic E-state index is 13.2. The first-order valence-electron chi connectivity index (χ1n) is 7.77. The van der Waals surface area contributed by atoms with E-state index in [4.69, 9.17) is 0 Å². The smallest absolute Gasteiger partial charge is 0.395 e. The molecule has 1 saturated carbocycles. The summed E-state index contributed by atoms with van der Waals surface area (Å²) >= 11 is 3.42. The zero-order chi connectivity index (χ0) is 17.8. The van der Waals surface area contributed by atoms with E-state index in [1.807, 2.05) is 25.1 Å². The Bertz CT molecular complexity index is 881. The average Bonchev–Trinajstić information content (AvgIpc) is 3.28. The van der Waals surface area contributed by atoms with Crippen LogP contribution in [0.25, 0.3) is 0 Å². The molecule has 4 rings (SSSR count). The Labute approximate surface area is 151 Å². The normalized spacial score (nSPS) is 18.7. The lowest BCUT2D eigenvalue weighted by molar-refractivity contribution is -0.286. The largest absolute Gasteiger partial charge is 0.586 e. The van der Waals surface area contributed by atoms with Gasteiger partial charge in [-0.1, -0.05) is 22.0 Å². The zero-order valence-electron chi connectivity index (χ0n) is 13.2. The van der Waals surface area contributed by atoms with Crippen LogP contribution in [0.2, 0.25) is 0 Å². The van der Waals surface area contributed by atoms with E-state index in [2.05, 4.69) is 30.7 Å². The average molecular weight is 410 g/mol. The fourth-order valence-corrected chi connectivity index (χ4v) is 3.24. The molecule has 1 heterocycles. The second-order valence-corrected chi connectivity index (χ2v) is 7.18. The minimum atomic E-state index is -3.66. The van der Waals surface area contributed by atoms with Gasteiger partial charge in [0.2, 0.25) is 5.91 Å². The van der Waals surface area contributed by atoms with Gasteiger partial charge < -0.3 is 14.8 Å². The van der Waals surface area contributed by atoms with E-state index in [9.17, 15) is 13.6 Å². The van der Waals surface area contributed by atoms with Crippen molar-refractivity contribution in [3.05, 3.63) is 52.0 Å². The molecule has 1 aliphatic carbocycles. The summed E-state index contributed by atoms with van der Waals surface area (Å²) < 4.78 is 36.2. The maximum Gasteiger partial charge on any atom is 0.586 e. The van der Waals surface area contributed by atoms with Crippen molar-refractivity contribution in [3.8, 4) is 11.5 Å². The summed E-state index contributed by atoms with van der Waals surface area (Å²) in [5.74, 6) is -0.214. The minimum absolute atomic E-state index is 0.0199. The molecule has 1 amide bonds. The molecule has 0 atom stereocenters. The lowest BCUT2D eigenvalue weighted by Crippen LogP contribution is -2.28. The quantitative estimate of drug-likeness (QED) is 0.795. The summed E-state index contributed by atoms with van der Waals surface area (Å²) in [5, 5.41) is 2.92. The molecule has 0 aromatic heterocycles. The van der Waals surface area contributed by atoms with E-state index in [1.165, 1.54) is 12.1 Å². The first-order valence-corrected chi connectivity index (χ1v) is 8.56. The molecule has 0 saturated heterocycles. The topological polar surface area (TPSA) is 47.6 Å². The molecule has 7 heteroatoms. The Balaban J connectivity index is 1.58. The lowest BCUT2D eigenvalue weighted by atomic mass is 9.94. The number of carbonyl (C=O) groups is 1. The number of ether oxygens (including phenoxy) is 2. The van der Waals surface area contributed by atoms with Crippen molar-refractivity contribution >= 4 is 27.5 Å². The number of amides is 1. The number of rotatable bonds is 3. The Kier molecular flexibility index (Phi) is 3.54. The van der Waals surface area contributed by atoms with E-state index < -0.39 is 11.7 Å². The highest BCUT2D eigenvalue weighted by Gasteiger charge is 2.52. The summed E-state index contributed by atoms with van der Waals surface area (Å²) in [6, 6.07) is 10.1. The van der Waals surface area contributed by atoms with E-state index >= 15 is 0 Å². The van der Waals surface area contributed by atoms with Gasteiger partial charge >= 0.3 is 6.29 Å². The van der Waals surface area contributed by atoms with Gasteiger partial charge in [0.1, 0.15) is 0 Å². The summed E-state index contributed by atoms with van der Waals surface area (Å²) in [6.07, 6.45) is -2.34. The van der Waals surface area contributed by atoms with Gasteiger partial charge in [-0.05, 0) is 61.2 Å². The molecule has 1 fully saturated rings. The van der Waals surface area contributed by atoms with Crippen LogP contribution < -0.4 is 14.8 Å². The standard InChI is InChI=1S/C18H14BrF2NO3/c1-10-8-12(3-4-13(10)19)22-16(23)17(6-7-17)11-2-5-14-15(9-11)25-18(20,21)24-14/h2-5,8-9H,6-7H2,1H3,(H,22,23). The molecule has 2 aromatic carbocycles. The number of aryl methyl sites for hydroxylation is 1. The van der Waals surface area contributed by atoms with E-state index in [-0.39, 0.29) is 17.4 Å². The molecule has 0 bridgehead atoms. The number of anilines is 1. The Morgan fingerprint density at radius 3 is 2.52 bits per heavy atom. The molecule has 0 radical (unpaired) electrons. The van der Waals surface area contributed by atoms with Gasteiger partial charge in [-0.3, -0.25) is 4.79 Å². The van der Waals surface area contributed by atoms with Gasteiger partial charge in [0.25, 0.3) is 0 Å². The van der Waals surface area contributed by atoms with Crippen molar-refractivity contribution in [2.24, 2.45) is 0 Å². The van der Waals surface area contributed by atoms with Crippen molar-refractivity contribution in [2.45, 2.75) is 31.5 Å². The van der Waals surface area contributed by atoms with Crippen LogP contribution in [-0.2, 0) is 10.2 Å². The van der Waals surface area contributed by atoms with Crippen LogP contribution in [0.1, 0.15) is 24.0 Å². The predicted molar refractivity (Wildman–Crippen MR) is 91.1 cm³/mol. The number of hydrogen-bond donors (Lipinski definition) is 1. The summed E-state index contributed by atoms with van der Waals surface area (Å²) in [7, 11) is 0. The molecule has 0 unspecified atom stereocenters. The number of fused-ring (bicyclic) bond motifs is 1. The second kappa shape index (κ2) is 5.42. The van der Waals surface area contributed by atoms with Crippen molar-refractivity contribution in [1.82, 2.24) is 0 Å². The van der Waals surface area contributed by atoms with Gasteiger partial charge in [0.15, 0.2) is 11.5 Å². The minimum Gasteiger partial charge on any atom is -0.395 e. The zero-order valence-corrected chi connectivity index (χ0v) is 14.8. The monoisotopic (exact) mass is 409 g/mol. The number of hydrogen-bond acceptors (Lipinski definition) is 3. The summed E-state index contributed by atoms with van der Waals surface area (Å²) in [6.45, 7) is 1.94. The van der Waals surface area contributed by atoms with Crippen LogP contribution >= 0.6 is 15.9 Å². The van der Waals surface area contributed by atoms with E-state index in [0.29, 0.717) is 24.1 Å². The number of alkyl halides is 2. The molecule has 2 aliphatic rings. The SMILES string of the molecule is Cc1cc(NC(=O)C2(c3ccc4c(c3)OC(F)(F)O4)CC2)ccc1Br. The number of benzene rings is 2. The lowest BCUT2D eigenvalue weighted by Gasteiger charge is -2.16. The van der Waals surface area contributed by atoms with Gasteiger partial charge in [0, 0.05) is 10.2 Å². The summed E-state index contributed by atoms with van der Waals surface area (Å²) in [5.41, 5.74) is 1.65. The third-order valence-electron chi connectivity index (χ3n) is 4.55. The van der Waals surface area contributed by atoms with Crippen LogP contribution in [0.15, 0.2) is 40.9 Å². The fraction of sp³-hybridized carbons (Fsp3) is 0.278. The first-order chi connectivity index (χ1) is 11.8. The highest BCUT2D eigenvalue weighted by molar-refractivity contribution is 9.10. The van der Waals surface area contributed by atoms with E-state index in [1.54, 1.807) is 6.07 Å². The van der Waals surface area contributed by atoms with Crippen molar-refractivity contribution < 1.29 is 23.0 Å². The van der Waals surface area contributed by atoms with Gasteiger partial charge in [-0.25, -0.2) is 0 Å². The molecule has 2 aromatic rings. The number of carbonyl (C=O) groups excluding carboxylic acids is 1. The van der Waals surface area contributed by atoms with Crippen LogP contribution in [0.5, 0.6) is 11.5 Å². The van der Waals surface area contributed by atoms with Crippen molar-refractivity contribution in [3.63, 3.8) is 0 Å². The fourth-order valence-electron chi connectivity index (χ4n) is 2.99. The molecule has 25 heavy (non-hydrogen) atoms. The molecular formula is C18H14BrF2NO3. The van der Waals surface area contributed by atoms with Crippen LogP contribution in [0.4, 0.5) is 14.5 Å². The van der Waals surface area contributed by atoms with Gasteiger partial charge in [-0.15, -0.1) is 8.78 Å². The molecule has 0 spiro atoms. The van der Waals surface area contributed by atoms with Gasteiger partial charge in [0.05, 0.1) is 5.41 Å². The third kappa shape index (κ3) is 2.86. The van der Waals surface area contributed by atoms with Crippen LogP contribution in [0.3, 0.4) is 0 Å². The van der Waals surface area contributed by atoms with Crippen LogP contribution in [0, 0.1) is 6.92 Å². The van der Waals surface area contributed by atoms with Gasteiger partial charge in [-0.2, -0.15) is 0 Å². The number of halogens is 3. The molecule has 1 aliphatic heterocycles. The third-order valence-corrected chi connectivity index (χ3v) is 5.44. The Morgan fingerprint density at radius 2 is 1.84 bits per heavy atom. The highest BCUT2D eigenvalue weighted by Crippen LogP contribution is 2.52.